The zero-order valence-electron chi connectivity index (χ0n) is 17.8. The van der Waals surface area contributed by atoms with Crippen LogP contribution >= 0.6 is 0 Å². The van der Waals surface area contributed by atoms with Gasteiger partial charge in [0.25, 0.3) is 0 Å². The molecule has 1 aromatic rings. The smallest absolute Gasteiger partial charge is 0.200 e. The summed E-state index contributed by atoms with van der Waals surface area (Å²) in [4.78, 5) is 9.56. The molecule has 0 bridgehead atoms. The Balaban J connectivity index is 1.73. The summed E-state index contributed by atoms with van der Waals surface area (Å²) in [7, 11) is 0. The zero-order valence-corrected chi connectivity index (χ0v) is 17.8. The molecule has 0 amide bonds. The van der Waals surface area contributed by atoms with E-state index >= 15 is 0 Å². The number of benzene rings is 1. The van der Waals surface area contributed by atoms with Crippen molar-refractivity contribution in [3.05, 3.63) is 34.4 Å². The first-order chi connectivity index (χ1) is 13.9. The van der Waals surface area contributed by atoms with Crippen molar-refractivity contribution < 1.29 is 9.47 Å². The van der Waals surface area contributed by atoms with Crippen LogP contribution in [0.4, 0.5) is 0 Å². The lowest BCUT2D eigenvalue weighted by atomic mass is 9.98. The van der Waals surface area contributed by atoms with Gasteiger partial charge in [-0.15, -0.1) is 0 Å². The van der Waals surface area contributed by atoms with Gasteiger partial charge in [0.15, 0.2) is 11.7 Å². The first-order valence-electron chi connectivity index (χ1n) is 10.4. The molecule has 1 heterocycles. The number of amidine groups is 1. The van der Waals surface area contributed by atoms with Crippen molar-refractivity contribution in [1.29, 1.82) is 0 Å². The van der Waals surface area contributed by atoms with Gasteiger partial charge >= 0.3 is 0 Å². The van der Waals surface area contributed by atoms with E-state index in [1.54, 1.807) is 0 Å². The summed E-state index contributed by atoms with van der Waals surface area (Å²) in [5, 5.41) is 6.62. The van der Waals surface area contributed by atoms with Gasteiger partial charge in [0, 0.05) is 18.5 Å². The van der Waals surface area contributed by atoms with Gasteiger partial charge in [0.2, 0.25) is 0 Å². The van der Waals surface area contributed by atoms with Crippen LogP contribution in [0.25, 0.3) is 0 Å². The molecule has 0 aromatic heterocycles. The molecule has 1 atom stereocenters. The van der Waals surface area contributed by atoms with Crippen LogP contribution in [0.1, 0.15) is 41.5 Å². The molecule has 160 valence electrons. The highest BCUT2D eigenvalue weighted by Crippen LogP contribution is 2.25. The summed E-state index contributed by atoms with van der Waals surface area (Å²) >= 11 is 0. The van der Waals surface area contributed by atoms with Crippen LogP contribution in [-0.4, -0.2) is 56.6 Å². The molecule has 8 heteroatoms. The van der Waals surface area contributed by atoms with Crippen LogP contribution in [0.5, 0.6) is 0 Å². The maximum atomic E-state index is 6.62. The molecule has 8 nitrogen and oxygen atoms in total. The lowest BCUT2D eigenvalue weighted by Gasteiger charge is -2.34. The van der Waals surface area contributed by atoms with E-state index in [2.05, 4.69) is 43.5 Å². The second-order valence-corrected chi connectivity index (χ2v) is 7.88. The lowest BCUT2D eigenvalue weighted by Crippen LogP contribution is -2.64. The van der Waals surface area contributed by atoms with Crippen LogP contribution < -0.4 is 22.1 Å². The number of ether oxygens (including phenoxy) is 2. The molecule has 3 rings (SSSR count). The highest BCUT2D eigenvalue weighted by atomic mass is 16.5. The Morgan fingerprint density at radius 2 is 1.76 bits per heavy atom. The van der Waals surface area contributed by atoms with Gasteiger partial charge in [-0.05, 0) is 44.7 Å². The van der Waals surface area contributed by atoms with E-state index in [0.29, 0.717) is 51.4 Å². The van der Waals surface area contributed by atoms with Crippen molar-refractivity contribution in [1.82, 2.24) is 10.6 Å². The molecular weight excluding hydrogens is 368 g/mol. The Morgan fingerprint density at radius 1 is 1.10 bits per heavy atom. The normalized spacial score (nSPS) is 22.9. The number of guanidine groups is 1. The first kappa shape index (κ1) is 21.7. The molecule has 1 saturated carbocycles. The number of aliphatic imine (C=N–C) groups is 2. The molecule has 0 spiro atoms. The van der Waals surface area contributed by atoms with Crippen molar-refractivity contribution in [3.63, 3.8) is 0 Å². The van der Waals surface area contributed by atoms with E-state index in [0.717, 1.165) is 35.4 Å². The Morgan fingerprint density at radius 3 is 2.38 bits per heavy atom. The number of aryl methyl sites for hydroxylation is 3. The molecule has 0 radical (unpaired) electrons. The third-order valence-corrected chi connectivity index (χ3v) is 4.92. The van der Waals surface area contributed by atoms with Gasteiger partial charge in [-0.1, -0.05) is 17.7 Å². The van der Waals surface area contributed by atoms with Crippen LogP contribution in [0, 0.1) is 20.8 Å². The largest absolute Gasteiger partial charge is 0.379 e. The molecule has 0 saturated heterocycles. The van der Waals surface area contributed by atoms with Crippen molar-refractivity contribution in [2.45, 2.75) is 51.9 Å². The third-order valence-electron chi connectivity index (χ3n) is 4.92. The van der Waals surface area contributed by atoms with E-state index in [-0.39, 0.29) is 0 Å². The van der Waals surface area contributed by atoms with E-state index in [9.17, 15) is 0 Å². The average Bonchev–Trinajstić information content (AvgIpc) is 3.43. The van der Waals surface area contributed by atoms with Gasteiger partial charge in [-0.25, -0.2) is 9.98 Å². The van der Waals surface area contributed by atoms with Gasteiger partial charge in [-0.3, -0.25) is 5.73 Å². The van der Waals surface area contributed by atoms with E-state index in [4.69, 9.17) is 30.9 Å². The fourth-order valence-electron chi connectivity index (χ4n) is 3.48. The Bertz CT molecular complexity index is 751. The number of hydrogen-bond acceptors (Lipinski definition) is 6. The van der Waals surface area contributed by atoms with Crippen LogP contribution in [0.3, 0.4) is 0 Å². The predicted molar refractivity (Wildman–Crippen MR) is 116 cm³/mol. The SMILES string of the molecule is Cc1cc(C)c(C2=NC(N)(CCOCCOCCN)NC(=NC3CC3)N2)c(C)c1. The monoisotopic (exact) mass is 402 g/mol. The van der Waals surface area contributed by atoms with Crippen molar-refractivity contribution in [2.24, 2.45) is 21.5 Å². The van der Waals surface area contributed by atoms with Crippen LogP contribution in [0.2, 0.25) is 0 Å². The third kappa shape index (κ3) is 6.24. The topological polar surface area (TPSA) is 119 Å². The molecular formula is C21H34N6O2. The second-order valence-electron chi connectivity index (χ2n) is 7.88. The van der Waals surface area contributed by atoms with E-state index in [1.807, 2.05) is 0 Å². The van der Waals surface area contributed by atoms with Crippen molar-refractivity contribution in [2.75, 3.05) is 33.0 Å². The molecule has 1 aliphatic carbocycles. The minimum Gasteiger partial charge on any atom is -0.379 e. The quantitative estimate of drug-likeness (QED) is 0.435. The second kappa shape index (κ2) is 9.67. The molecule has 1 fully saturated rings. The van der Waals surface area contributed by atoms with Gasteiger partial charge in [-0.2, -0.15) is 0 Å². The number of rotatable bonds is 10. The minimum absolute atomic E-state index is 0.366. The number of nitrogens with zero attached hydrogens (tertiary/aromatic N) is 2. The summed E-state index contributed by atoms with van der Waals surface area (Å²) in [6.07, 6.45) is 2.75. The fourth-order valence-corrected chi connectivity index (χ4v) is 3.48. The summed E-state index contributed by atoms with van der Waals surface area (Å²) in [6, 6.07) is 4.69. The molecule has 2 aliphatic rings. The average molecular weight is 403 g/mol. The number of nitrogens with two attached hydrogens (primary N) is 2. The van der Waals surface area contributed by atoms with E-state index < -0.39 is 5.79 Å². The summed E-state index contributed by atoms with van der Waals surface area (Å²) in [5.74, 6) is 0.466. The lowest BCUT2D eigenvalue weighted by molar-refractivity contribution is 0.0430. The van der Waals surface area contributed by atoms with Crippen LogP contribution in [0.15, 0.2) is 22.1 Å². The summed E-state index contributed by atoms with van der Waals surface area (Å²) in [5.41, 5.74) is 16.7. The van der Waals surface area contributed by atoms with Crippen molar-refractivity contribution >= 4 is 11.8 Å². The molecule has 1 aromatic carbocycles. The molecule has 6 N–H and O–H groups in total. The molecule has 29 heavy (non-hydrogen) atoms. The van der Waals surface area contributed by atoms with Crippen LogP contribution in [-0.2, 0) is 9.47 Å². The van der Waals surface area contributed by atoms with Crippen molar-refractivity contribution in [3.8, 4) is 0 Å². The fraction of sp³-hybridized carbons (Fsp3) is 0.619. The van der Waals surface area contributed by atoms with Gasteiger partial charge < -0.3 is 25.8 Å². The number of nitrogens with one attached hydrogen (secondary N) is 2. The summed E-state index contributed by atoms with van der Waals surface area (Å²) in [6.45, 7) is 8.85. The Hall–Kier alpha value is -2.00. The molecule has 1 unspecified atom stereocenters. The maximum Gasteiger partial charge on any atom is 0.200 e. The van der Waals surface area contributed by atoms with Gasteiger partial charge in [0.1, 0.15) is 5.84 Å². The minimum atomic E-state index is -0.976. The first-order valence-corrected chi connectivity index (χ1v) is 10.4. The predicted octanol–water partition coefficient (Wildman–Crippen LogP) is 1.06. The standard InChI is InChI=1S/C21H34N6O2/c1-14-12-15(2)18(16(3)13-14)19-25-20(24-17-4-5-17)27-21(23,26-19)6-8-28-10-11-29-9-7-22/h12-13,17H,4-11,22-23H2,1-3H3,(H2,24,25,26,27). The Labute approximate surface area is 173 Å². The highest BCUT2D eigenvalue weighted by molar-refractivity contribution is 6.12. The summed E-state index contributed by atoms with van der Waals surface area (Å²) < 4.78 is 11.0. The zero-order chi connectivity index (χ0) is 20.9. The number of hydrogen-bond donors (Lipinski definition) is 4. The maximum absolute atomic E-state index is 6.62. The van der Waals surface area contributed by atoms with E-state index in [1.165, 1.54) is 5.56 Å². The molecule has 1 aliphatic heterocycles. The Kier molecular flexibility index (Phi) is 7.23. The van der Waals surface area contributed by atoms with Gasteiger partial charge in [0.05, 0.1) is 32.5 Å². The highest BCUT2D eigenvalue weighted by Gasteiger charge is 2.33.